The van der Waals surface area contributed by atoms with Crippen LogP contribution in [0.5, 0.6) is 0 Å². The van der Waals surface area contributed by atoms with Crippen molar-refractivity contribution in [3.8, 4) is 0 Å². The number of nitrogen functional groups attached to an aromatic ring is 1. The Balaban J connectivity index is 1.89. The number of esters is 1. The van der Waals surface area contributed by atoms with Gasteiger partial charge in [0.05, 0.1) is 12.8 Å². The number of methoxy groups -OCH3 is 1. The predicted molar refractivity (Wildman–Crippen MR) is 75.3 cm³/mol. The standard InChI is InChI=1S/C13H17N5O2/c1-20-13(19)11-5-4-10(14)12(17-11)15-6-2-8-18-9-3-7-16-18/h3-5,7,9H,2,6,8,14H2,1H3,(H,15,17). The van der Waals surface area contributed by atoms with Gasteiger partial charge in [-0.3, -0.25) is 4.68 Å². The molecule has 2 rings (SSSR count). The van der Waals surface area contributed by atoms with E-state index in [0.29, 0.717) is 18.1 Å². The predicted octanol–water partition coefficient (Wildman–Crippen LogP) is 1.15. The molecule has 2 aromatic rings. The molecule has 0 saturated carbocycles. The van der Waals surface area contributed by atoms with Gasteiger partial charge in [0.1, 0.15) is 5.82 Å². The van der Waals surface area contributed by atoms with E-state index in [1.807, 2.05) is 16.9 Å². The first-order valence-electron chi connectivity index (χ1n) is 6.27. The van der Waals surface area contributed by atoms with E-state index in [4.69, 9.17) is 5.73 Å². The number of ether oxygens (including phenoxy) is 1. The maximum atomic E-state index is 11.4. The normalized spacial score (nSPS) is 10.2. The SMILES string of the molecule is COC(=O)c1ccc(N)c(NCCCn2cccn2)n1. The highest BCUT2D eigenvalue weighted by molar-refractivity contribution is 5.88. The molecule has 0 atom stereocenters. The van der Waals surface area contributed by atoms with Crippen molar-refractivity contribution in [1.29, 1.82) is 0 Å². The number of aromatic nitrogens is 3. The van der Waals surface area contributed by atoms with Gasteiger partial charge in [0.25, 0.3) is 0 Å². The Bertz CT molecular complexity index is 568. The molecule has 3 N–H and O–H groups in total. The van der Waals surface area contributed by atoms with Gasteiger partial charge in [-0.05, 0) is 24.6 Å². The van der Waals surface area contributed by atoms with Crippen LogP contribution < -0.4 is 11.1 Å². The number of nitrogens with two attached hydrogens (primary N) is 1. The molecular formula is C13H17N5O2. The number of pyridine rings is 1. The highest BCUT2D eigenvalue weighted by Gasteiger charge is 2.09. The van der Waals surface area contributed by atoms with E-state index in [0.717, 1.165) is 13.0 Å². The number of nitrogens with zero attached hydrogens (tertiary/aromatic N) is 3. The molecule has 0 radical (unpaired) electrons. The van der Waals surface area contributed by atoms with Crippen LogP contribution in [0.1, 0.15) is 16.9 Å². The van der Waals surface area contributed by atoms with Crippen LogP contribution >= 0.6 is 0 Å². The topological polar surface area (TPSA) is 95.1 Å². The molecule has 0 saturated heterocycles. The van der Waals surface area contributed by atoms with Crippen molar-refractivity contribution in [2.75, 3.05) is 24.7 Å². The molecule has 7 heteroatoms. The molecule has 7 nitrogen and oxygen atoms in total. The van der Waals surface area contributed by atoms with Crippen molar-refractivity contribution in [2.45, 2.75) is 13.0 Å². The minimum Gasteiger partial charge on any atom is -0.464 e. The van der Waals surface area contributed by atoms with Crippen molar-refractivity contribution in [1.82, 2.24) is 14.8 Å². The highest BCUT2D eigenvalue weighted by Crippen LogP contribution is 2.16. The van der Waals surface area contributed by atoms with Gasteiger partial charge in [-0.25, -0.2) is 9.78 Å². The minimum atomic E-state index is -0.482. The van der Waals surface area contributed by atoms with Crippen LogP contribution in [0.2, 0.25) is 0 Å². The van der Waals surface area contributed by atoms with Gasteiger partial charge < -0.3 is 15.8 Å². The molecule has 106 valence electrons. The second-order valence-corrected chi connectivity index (χ2v) is 4.18. The molecule has 0 spiro atoms. The Morgan fingerprint density at radius 2 is 2.35 bits per heavy atom. The molecule has 0 amide bonds. The zero-order valence-corrected chi connectivity index (χ0v) is 11.2. The van der Waals surface area contributed by atoms with Crippen LogP contribution in [-0.4, -0.2) is 34.4 Å². The van der Waals surface area contributed by atoms with Crippen LogP contribution in [0.15, 0.2) is 30.6 Å². The number of hydrogen-bond acceptors (Lipinski definition) is 6. The first kappa shape index (κ1) is 13.9. The summed E-state index contributed by atoms with van der Waals surface area (Å²) in [7, 11) is 1.32. The van der Waals surface area contributed by atoms with E-state index in [2.05, 4.69) is 20.1 Å². The van der Waals surface area contributed by atoms with Crippen LogP contribution in [0.3, 0.4) is 0 Å². The Morgan fingerprint density at radius 1 is 1.50 bits per heavy atom. The van der Waals surface area contributed by atoms with Crippen molar-refractivity contribution in [3.05, 3.63) is 36.3 Å². The Morgan fingerprint density at radius 3 is 3.05 bits per heavy atom. The van der Waals surface area contributed by atoms with Crippen LogP contribution in [-0.2, 0) is 11.3 Å². The molecule has 0 bridgehead atoms. The molecule has 0 aromatic carbocycles. The van der Waals surface area contributed by atoms with Crippen LogP contribution in [0, 0.1) is 0 Å². The van der Waals surface area contributed by atoms with Gasteiger partial charge in [-0.15, -0.1) is 0 Å². The largest absolute Gasteiger partial charge is 0.464 e. The van der Waals surface area contributed by atoms with E-state index in [-0.39, 0.29) is 5.69 Å². The first-order valence-corrected chi connectivity index (χ1v) is 6.27. The molecule has 0 aliphatic carbocycles. The van der Waals surface area contributed by atoms with E-state index in [9.17, 15) is 4.79 Å². The van der Waals surface area contributed by atoms with Gasteiger partial charge >= 0.3 is 5.97 Å². The number of hydrogen-bond donors (Lipinski definition) is 2. The molecule has 0 unspecified atom stereocenters. The van der Waals surface area contributed by atoms with Crippen molar-refractivity contribution in [2.24, 2.45) is 0 Å². The molecular weight excluding hydrogens is 258 g/mol. The zero-order chi connectivity index (χ0) is 14.4. The van der Waals surface area contributed by atoms with Gasteiger partial charge in [0.15, 0.2) is 5.69 Å². The number of carbonyl (C=O) groups excluding carboxylic acids is 1. The Labute approximate surface area is 116 Å². The maximum Gasteiger partial charge on any atom is 0.356 e. The van der Waals surface area contributed by atoms with Crippen molar-refractivity contribution < 1.29 is 9.53 Å². The van der Waals surface area contributed by atoms with Gasteiger partial charge in [-0.1, -0.05) is 0 Å². The summed E-state index contributed by atoms with van der Waals surface area (Å²) in [6, 6.07) is 5.05. The molecule has 0 fully saturated rings. The summed E-state index contributed by atoms with van der Waals surface area (Å²) in [5.41, 5.74) is 6.54. The Hall–Kier alpha value is -2.57. The third-order valence-electron chi connectivity index (χ3n) is 2.74. The average Bonchev–Trinajstić information content (AvgIpc) is 2.97. The smallest absolute Gasteiger partial charge is 0.356 e. The van der Waals surface area contributed by atoms with E-state index >= 15 is 0 Å². The fourth-order valence-corrected chi connectivity index (χ4v) is 1.71. The van der Waals surface area contributed by atoms with Crippen molar-refractivity contribution in [3.63, 3.8) is 0 Å². The molecule has 20 heavy (non-hydrogen) atoms. The van der Waals surface area contributed by atoms with Crippen molar-refractivity contribution >= 4 is 17.5 Å². The Kier molecular flexibility index (Phi) is 4.54. The zero-order valence-electron chi connectivity index (χ0n) is 11.2. The van der Waals surface area contributed by atoms with Gasteiger partial charge in [0, 0.05) is 25.5 Å². The minimum absolute atomic E-state index is 0.233. The summed E-state index contributed by atoms with van der Waals surface area (Å²) in [5, 5.41) is 7.22. The fourth-order valence-electron chi connectivity index (χ4n) is 1.71. The van der Waals surface area contributed by atoms with Crippen LogP contribution in [0.25, 0.3) is 0 Å². The quantitative estimate of drug-likeness (QED) is 0.606. The van der Waals surface area contributed by atoms with Gasteiger partial charge in [0.2, 0.25) is 0 Å². The second kappa shape index (κ2) is 6.55. The van der Waals surface area contributed by atoms with E-state index in [1.54, 1.807) is 12.3 Å². The fraction of sp³-hybridized carbons (Fsp3) is 0.308. The lowest BCUT2D eigenvalue weighted by atomic mass is 10.3. The number of rotatable bonds is 6. The average molecular weight is 275 g/mol. The lowest BCUT2D eigenvalue weighted by Crippen LogP contribution is -2.12. The molecule has 0 aliphatic rings. The number of carbonyl (C=O) groups is 1. The molecule has 0 aliphatic heterocycles. The summed E-state index contributed by atoms with van der Waals surface area (Å²) >= 11 is 0. The van der Waals surface area contributed by atoms with Gasteiger partial charge in [-0.2, -0.15) is 5.10 Å². The van der Waals surface area contributed by atoms with Crippen LogP contribution in [0.4, 0.5) is 11.5 Å². The third-order valence-corrected chi connectivity index (χ3v) is 2.74. The monoisotopic (exact) mass is 275 g/mol. The van der Waals surface area contributed by atoms with E-state index in [1.165, 1.54) is 13.2 Å². The molecule has 2 heterocycles. The summed E-state index contributed by atoms with van der Waals surface area (Å²) in [6.45, 7) is 1.48. The summed E-state index contributed by atoms with van der Waals surface area (Å²) < 4.78 is 6.47. The molecule has 2 aromatic heterocycles. The maximum absolute atomic E-state index is 11.4. The highest BCUT2D eigenvalue weighted by atomic mass is 16.5. The number of aryl methyl sites for hydroxylation is 1. The second-order valence-electron chi connectivity index (χ2n) is 4.18. The number of nitrogens with one attached hydrogen (secondary N) is 1. The summed E-state index contributed by atoms with van der Waals surface area (Å²) in [5.74, 6) is 0.0120. The van der Waals surface area contributed by atoms with E-state index < -0.39 is 5.97 Å². The number of anilines is 2. The lowest BCUT2D eigenvalue weighted by Gasteiger charge is -2.09. The third kappa shape index (κ3) is 3.47. The summed E-state index contributed by atoms with van der Waals surface area (Å²) in [4.78, 5) is 15.5. The lowest BCUT2D eigenvalue weighted by molar-refractivity contribution is 0.0594. The summed E-state index contributed by atoms with van der Waals surface area (Å²) in [6.07, 6.45) is 4.52. The first-order chi connectivity index (χ1) is 9.70.